The number of aryl methyl sites for hydroxylation is 2. The Bertz CT molecular complexity index is 834. The van der Waals surface area contributed by atoms with E-state index in [-0.39, 0.29) is 5.91 Å². The first-order valence-electron chi connectivity index (χ1n) is 7.06. The molecule has 0 fully saturated rings. The van der Waals surface area contributed by atoms with Crippen LogP contribution in [0.5, 0.6) is 0 Å². The van der Waals surface area contributed by atoms with E-state index in [1.54, 1.807) is 16.7 Å². The predicted molar refractivity (Wildman–Crippen MR) is 87.2 cm³/mol. The van der Waals surface area contributed by atoms with Crippen molar-refractivity contribution in [3.8, 4) is 0 Å². The molecule has 0 saturated carbocycles. The monoisotopic (exact) mass is 316 g/mol. The quantitative estimate of drug-likeness (QED) is 0.804. The molecule has 0 bridgehead atoms. The van der Waals surface area contributed by atoms with Gasteiger partial charge in [0.1, 0.15) is 0 Å². The number of hydrogen-bond donors (Lipinski definition) is 1. The van der Waals surface area contributed by atoms with Gasteiger partial charge in [-0.2, -0.15) is 0 Å². The largest absolute Gasteiger partial charge is 0.354 e. The third-order valence-electron chi connectivity index (χ3n) is 3.81. The average molecular weight is 317 g/mol. The van der Waals surface area contributed by atoms with Crippen LogP contribution in [-0.2, 0) is 20.5 Å². The molecule has 0 aliphatic rings. The summed E-state index contributed by atoms with van der Waals surface area (Å²) in [7, 11) is 3.84. The second kappa shape index (κ2) is 5.85. The van der Waals surface area contributed by atoms with E-state index in [1.165, 1.54) is 5.69 Å². The zero-order valence-corrected chi connectivity index (χ0v) is 13.3. The lowest BCUT2D eigenvalue weighted by atomic mass is 10.2. The summed E-state index contributed by atoms with van der Waals surface area (Å²) in [5, 5.41) is 3.34. The van der Waals surface area contributed by atoms with Gasteiger partial charge in [0.05, 0.1) is 11.0 Å². The van der Waals surface area contributed by atoms with E-state index in [2.05, 4.69) is 10.3 Å². The number of carbonyl (C=O) groups is 1. The number of carbonyl (C=O) groups excluding carboxylic acids is 1. The fourth-order valence-corrected chi connectivity index (χ4v) is 2.66. The smallest absolute Gasteiger partial charge is 0.251 e. The fraction of sp³-hybridized carbons (Fsp3) is 0.250. The van der Waals surface area contributed by atoms with Crippen molar-refractivity contribution < 1.29 is 4.79 Å². The van der Waals surface area contributed by atoms with E-state index in [4.69, 9.17) is 11.6 Å². The molecule has 0 saturated heterocycles. The molecule has 1 aromatic carbocycles. The molecule has 0 aliphatic carbocycles. The zero-order chi connectivity index (χ0) is 15.7. The molecule has 114 valence electrons. The van der Waals surface area contributed by atoms with Crippen LogP contribution in [0.25, 0.3) is 11.0 Å². The molecule has 22 heavy (non-hydrogen) atoms. The normalized spacial score (nSPS) is 11.0. The summed E-state index contributed by atoms with van der Waals surface area (Å²) in [6.45, 7) is 0.595. The summed E-state index contributed by atoms with van der Waals surface area (Å²) in [5.41, 5.74) is 3.41. The van der Waals surface area contributed by atoms with Crippen molar-refractivity contribution in [2.75, 3.05) is 6.54 Å². The molecule has 2 heterocycles. The Hall–Kier alpha value is -2.27. The van der Waals surface area contributed by atoms with Crippen LogP contribution < -0.4 is 5.32 Å². The van der Waals surface area contributed by atoms with E-state index >= 15 is 0 Å². The summed E-state index contributed by atoms with van der Waals surface area (Å²) >= 11 is 5.99. The number of rotatable bonds is 4. The number of hydrogen-bond acceptors (Lipinski definition) is 2. The maximum Gasteiger partial charge on any atom is 0.251 e. The minimum Gasteiger partial charge on any atom is -0.354 e. The van der Waals surface area contributed by atoms with Crippen LogP contribution in [0.1, 0.15) is 16.1 Å². The number of benzene rings is 1. The Morgan fingerprint density at radius 2 is 2.14 bits per heavy atom. The predicted octanol–water partition coefficient (Wildman–Crippen LogP) is 2.54. The van der Waals surface area contributed by atoms with Crippen LogP contribution in [0, 0.1) is 0 Å². The lowest BCUT2D eigenvalue weighted by Crippen LogP contribution is -2.26. The first-order chi connectivity index (χ1) is 10.6. The molecule has 1 N–H and O–H groups in total. The standard InChI is InChI=1S/C16H17ClN4O/c1-20-9-3-4-12(20)7-8-18-15(22)11-5-6-14-13(10-11)19-16(17)21(14)2/h3-6,9-10H,7-8H2,1-2H3,(H,18,22). The zero-order valence-electron chi connectivity index (χ0n) is 12.5. The van der Waals surface area contributed by atoms with Gasteiger partial charge in [0.2, 0.25) is 5.28 Å². The molecule has 3 rings (SSSR count). The number of imidazole rings is 1. The lowest BCUT2D eigenvalue weighted by Gasteiger charge is -2.06. The van der Waals surface area contributed by atoms with E-state index < -0.39 is 0 Å². The van der Waals surface area contributed by atoms with E-state index in [0.717, 1.165) is 17.5 Å². The van der Waals surface area contributed by atoms with Crippen molar-refractivity contribution >= 4 is 28.5 Å². The minimum absolute atomic E-state index is 0.0992. The van der Waals surface area contributed by atoms with Gasteiger partial charge in [0, 0.05) is 44.5 Å². The highest BCUT2D eigenvalue weighted by Crippen LogP contribution is 2.19. The Morgan fingerprint density at radius 3 is 2.86 bits per heavy atom. The van der Waals surface area contributed by atoms with Gasteiger partial charge >= 0.3 is 0 Å². The first-order valence-corrected chi connectivity index (χ1v) is 7.44. The van der Waals surface area contributed by atoms with E-state index in [9.17, 15) is 4.79 Å². The van der Waals surface area contributed by atoms with Gasteiger partial charge in [-0.25, -0.2) is 4.98 Å². The number of nitrogens with zero attached hydrogens (tertiary/aromatic N) is 3. The molecule has 0 atom stereocenters. The van der Waals surface area contributed by atoms with Gasteiger partial charge in [-0.3, -0.25) is 4.79 Å². The van der Waals surface area contributed by atoms with Crippen LogP contribution >= 0.6 is 11.6 Å². The molecule has 6 heteroatoms. The minimum atomic E-state index is -0.0992. The topological polar surface area (TPSA) is 51.9 Å². The first kappa shape index (κ1) is 14.7. The highest BCUT2D eigenvalue weighted by molar-refractivity contribution is 6.29. The molecule has 0 radical (unpaired) electrons. The third-order valence-corrected chi connectivity index (χ3v) is 4.14. The van der Waals surface area contributed by atoms with Crippen LogP contribution in [0.15, 0.2) is 36.5 Å². The third kappa shape index (κ3) is 2.72. The van der Waals surface area contributed by atoms with Gasteiger partial charge in [0.25, 0.3) is 5.91 Å². The molecule has 1 amide bonds. The molecule has 0 aliphatic heterocycles. The SMILES string of the molecule is Cn1cccc1CCNC(=O)c1ccc2c(c1)nc(Cl)n2C. The lowest BCUT2D eigenvalue weighted by molar-refractivity contribution is 0.0954. The number of halogens is 1. The molecular formula is C16H17ClN4O. The average Bonchev–Trinajstić information content (AvgIpc) is 3.03. The Labute approximate surface area is 133 Å². The molecule has 0 spiro atoms. The van der Waals surface area contributed by atoms with E-state index in [0.29, 0.717) is 17.4 Å². The van der Waals surface area contributed by atoms with Crippen molar-refractivity contribution in [2.24, 2.45) is 14.1 Å². The summed E-state index contributed by atoms with van der Waals surface area (Å²) < 4.78 is 3.84. The van der Waals surface area contributed by atoms with Crippen molar-refractivity contribution in [3.05, 3.63) is 53.1 Å². The van der Waals surface area contributed by atoms with Crippen molar-refractivity contribution in [1.29, 1.82) is 0 Å². The highest BCUT2D eigenvalue weighted by Gasteiger charge is 2.10. The van der Waals surface area contributed by atoms with Gasteiger partial charge in [-0.15, -0.1) is 0 Å². The summed E-state index contributed by atoms with van der Waals surface area (Å²) in [4.78, 5) is 16.4. The van der Waals surface area contributed by atoms with Crippen LogP contribution in [-0.4, -0.2) is 26.6 Å². The summed E-state index contributed by atoms with van der Waals surface area (Å²) in [6.07, 6.45) is 2.79. The molecule has 5 nitrogen and oxygen atoms in total. The maximum atomic E-state index is 12.2. The van der Waals surface area contributed by atoms with Crippen LogP contribution in [0.2, 0.25) is 5.28 Å². The van der Waals surface area contributed by atoms with Crippen LogP contribution in [0.3, 0.4) is 0 Å². The number of nitrogens with one attached hydrogen (secondary N) is 1. The summed E-state index contributed by atoms with van der Waals surface area (Å²) in [5.74, 6) is -0.0992. The van der Waals surface area contributed by atoms with E-state index in [1.807, 2.05) is 43.1 Å². The van der Waals surface area contributed by atoms with Gasteiger partial charge in [-0.05, 0) is 41.9 Å². The molecule has 3 aromatic rings. The number of aromatic nitrogens is 3. The van der Waals surface area contributed by atoms with Crippen LogP contribution in [0.4, 0.5) is 0 Å². The maximum absolute atomic E-state index is 12.2. The molecule has 0 unspecified atom stereocenters. The summed E-state index contributed by atoms with van der Waals surface area (Å²) in [6, 6.07) is 9.46. The Balaban J connectivity index is 1.68. The second-order valence-corrected chi connectivity index (χ2v) is 5.60. The molecule has 2 aromatic heterocycles. The number of fused-ring (bicyclic) bond motifs is 1. The van der Waals surface area contributed by atoms with Gasteiger partial charge in [-0.1, -0.05) is 0 Å². The Morgan fingerprint density at radius 1 is 1.32 bits per heavy atom. The van der Waals surface area contributed by atoms with Gasteiger partial charge in [0.15, 0.2) is 0 Å². The second-order valence-electron chi connectivity index (χ2n) is 5.26. The fourth-order valence-electron chi connectivity index (χ4n) is 2.47. The number of amides is 1. The van der Waals surface area contributed by atoms with Crippen molar-refractivity contribution in [2.45, 2.75) is 6.42 Å². The van der Waals surface area contributed by atoms with Crippen molar-refractivity contribution in [3.63, 3.8) is 0 Å². The highest BCUT2D eigenvalue weighted by atomic mass is 35.5. The van der Waals surface area contributed by atoms with Gasteiger partial charge < -0.3 is 14.5 Å². The van der Waals surface area contributed by atoms with Crippen molar-refractivity contribution in [1.82, 2.24) is 19.4 Å². The molecular weight excluding hydrogens is 300 g/mol. The Kier molecular flexibility index (Phi) is 3.90.